The Kier molecular flexibility index (Phi) is 6.76. The summed E-state index contributed by atoms with van der Waals surface area (Å²) in [5.74, 6) is 0.177. The standard InChI is InChI=1S/C22H25N5O2S/c28-20-19(30-22(29)27-20)14-18-11-13-24-21(26-18)25-17-8-6-16(7-9-17)23-12-10-15-4-2-1-3-5-15/h1-5,11,13-14,16-17,23H,6-10,12H2,(H,24,25,26)(H,27,28,29). The number of nitrogens with zero attached hydrogens (tertiary/aromatic N) is 2. The van der Waals surface area contributed by atoms with Gasteiger partial charge in [0.15, 0.2) is 0 Å². The van der Waals surface area contributed by atoms with Crippen LogP contribution in [0.2, 0.25) is 0 Å². The number of hydrogen-bond acceptors (Lipinski definition) is 7. The van der Waals surface area contributed by atoms with Gasteiger partial charge in [0.1, 0.15) is 0 Å². The number of benzene rings is 1. The summed E-state index contributed by atoms with van der Waals surface area (Å²) in [6.07, 6.45) is 8.69. The number of carbonyl (C=O) groups is 2. The summed E-state index contributed by atoms with van der Waals surface area (Å²) < 4.78 is 0. The van der Waals surface area contributed by atoms with E-state index < -0.39 is 0 Å². The highest BCUT2D eigenvalue weighted by atomic mass is 32.2. The van der Waals surface area contributed by atoms with E-state index >= 15 is 0 Å². The van der Waals surface area contributed by atoms with E-state index in [2.05, 4.69) is 50.2 Å². The van der Waals surface area contributed by atoms with Gasteiger partial charge in [-0.05, 0) is 68.1 Å². The lowest BCUT2D eigenvalue weighted by atomic mass is 9.91. The van der Waals surface area contributed by atoms with Crippen LogP contribution in [0, 0.1) is 0 Å². The van der Waals surface area contributed by atoms with Gasteiger partial charge in [0.05, 0.1) is 10.6 Å². The van der Waals surface area contributed by atoms with Crippen molar-refractivity contribution in [2.24, 2.45) is 0 Å². The second-order valence-electron chi connectivity index (χ2n) is 7.54. The Morgan fingerprint density at radius 3 is 2.57 bits per heavy atom. The SMILES string of the molecule is O=C1NC(=O)C(=Cc2ccnc(NC3CCC(NCCc4ccccc4)CC3)n2)S1. The first kappa shape index (κ1) is 20.6. The first-order valence-corrected chi connectivity index (χ1v) is 11.1. The van der Waals surface area contributed by atoms with E-state index in [4.69, 9.17) is 0 Å². The number of nitrogens with one attached hydrogen (secondary N) is 3. The molecule has 2 amide bonds. The molecule has 1 aromatic heterocycles. The lowest BCUT2D eigenvalue weighted by molar-refractivity contribution is -0.115. The van der Waals surface area contributed by atoms with Gasteiger partial charge in [0, 0.05) is 18.3 Å². The van der Waals surface area contributed by atoms with E-state index in [1.54, 1.807) is 18.3 Å². The molecule has 1 aliphatic carbocycles. The molecule has 4 rings (SSSR count). The highest BCUT2D eigenvalue weighted by molar-refractivity contribution is 8.18. The van der Waals surface area contributed by atoms with E-state index in [1.165, 1.54) is 5.56 Å². The highest BCUT2D eigenvalue weighted by Gasteiger charge is 2.25. The van der Waals surface area contributed by atoms with Crippen LogP contribution in [0.25, 0.3) is 6.08 Å². The number of amides is 2. The molecule has 3 N–H and O–H groups in total. The molecule has 1 aromatic carbocycles. The summed E-state index contributed by atoms with van der Waals surface area (Å²) in [4.78, 5) is 32.1. The Bertz CT molecular complexity index is 926. The molecule has 0 spiro atoms. The van der Waals surface area contributed by atoms with Crippen molar-refractivity contribution in [1.82, 2.24) is 20.6 Å². The Balaban J connectivity index is 1.24. The van der Waals surface area contributed by atoms with Crippen molar-refractivity contribution in [2.45, 2.75) is 44.2 Å². The van der Waals surface area contributed by atoms with Gasteiger partial charge in [-0.2, -0.15) is 0 Å². The van der Waals surface area contributed by atoms with Crippen LogP contribution in [-0.2, 0) is 11.2 Å². The number of anilines is 1. The molecule has 2 aliphatic rings. The van der Waals surface area contributed by atoms with Crippen molar-refractivity contribution in [3.8, 4) is 0 Å². The average Bonchev–Trinajstić information content (AvgIpc) is 3.07. The predicted octanol–water partition coefficient (Wildman–Crippen LogP) is 3.36. The first-order valence-electron chi connectivity index (χ1n) is 10.3. The Labute approximate surface area is 180 Å². The monoisotopic (exact) mass is 423 g/mol. The summed E-state index contributed by atoms with van der Waals surface area (Å²) in [5, 5.41) is 8.99. The number of carbonyl (C=O) groups excluding carboxylic acids is 2. The Morgan fingerprint density at radius 2 is 1.83 bits per heavy atom. The van der Waals surface area contributed by atoms with Crippen LogP contribution in [0.15, 0.2) is 47.5 Å². The maximum Gasteiger partial charge on any atom is 0.290 e. The number of imide groups is 1. The molecule has 8 heteroatoms. The molecular formula is C22H25N5O2S. The molecule has 2 aromatic rings. The fourth-order valence-electron chi connectivity index (χ4n) is 3.77. The molecule has 0 atom stereocenters. The van der Waals surface area contributed by atoms with Gasteiger partial charge in [-0.3, -0.25) is 14.9 Å². The molecule has 2 heterocycles. The molecule has 156 valence electrons. The van der Waals surface area contributed by atoms with Gasteiger partial charge in [-0.25, -0.2) is 9.97 Å². The largest absolute Gasteiger partial charge is 0.351 e. The third-order valence-electron chi connectivity index (χ3n) is 5.35. The second-order valence-corrected chi connectivity index (χ2v) is 8.55. The topological polar surface area (TPSA) is 96.0 Å². The molecule has 0 unspecified atom stereocenters. The maximum absolute atomic E-state index is 11.7. The summed E-state index contributed by atoms with van der Waals surface area (Å²) in [6.45, 7) is 1.00. The minimum Gasteiger partial charge on any atom is -0.351 e. The van der Waals surface area contributed by atoms with Crippen molar-refractivity contribution < 1.29 is 9.59 Å². The fraction of sp³-hybridized carbons (Fsp3) is 0.364. The molecule has 0 bridgehead atoms. The van der Waals surface area contributed by atoms with Crippen molar-refractivity contribution in [3.63, 3.8) is 0 Å². The number of aromatic nitrogens is 2. The van der Waals surface area contributed by atoms with Crippen LogP contribution in [0.5, 0.6) is 0 Å². The van der Waals surface area contributed by atoms with Crippen LogP contribution < -0.4 is 16.0 Å². The molecule has 1 saturated heterocycles. The lowest BCUT2D eigenvalue weighted by Gasteiger charge is -2.29. The zero-order valence-electron chi connectivity index (χ0n) is 16.6. The minimum absolute atomic E-state index is 0.339. The predicted molar refractivity (Wildman–Crippen MR) is 119 cm³/mol. The fourth-order valence-corrected chi connectivity index (χ4v) is 4.43. The molecular weight excluding hydrogens is 398 g/mol. The van der Waals surface area contributed by atoms with E-state index in [0.717, 1.165) is 50.4 Å². The number of thioether (sulfide) groups is 1. The minimum atomic E-state index is -0.379. The van der Waals surface area contributed by atoms with Gasteiger partial charge in [-0.1, -0.05) is 30.3 Å². The van der Waals surface area contributed by atoms with Crippen molar-refractivity contribution >= 4 is 34.9 Å². The number of rotatable bonds is 7. The highest BCUT2D eigenvalue weighted by Crippen LogP contribution is 2.25. The van der Waals surface area contributed by atoms with Gasteiger partial charge in [0.25, 0.3) is 11.1 Å². The summed E-state index contributed by atoms with van der Waals surface area (Å²) >= 11 is 0.889. The molecule has 7 nitrogen and oxygen atoms in total. The van der Waals surface area contributed by atoms with Crippen LogP contribution in [0.4, 0.5) is 10.7 Å². The molecule has 30 heavy (non-hydrogen) atoms. The zero-order valence-corrected chi connectivity index (χ0v) is 17.5. The molecule has 1 aliphatic heterocycles. The lowest BCUT2D eigenvalue weighted by Crippen LogP contribution is -2.38. The molecule has 0 radical (unpaired) electrons. The van der Waals surface area contributed by atoms with Gasteiger partial charge in [0.2, 0.25) is 5.95 Å². The quantitative estimate of drug-likeness (QED) is 0.588. The van der Waals surface area contributed by atoms with E-state index in [-0.39, 0.29) is 11.1 Å². The summed E-state index contributed by atoms with van der Waals surface area (Å²) in [7, 11) is 0. The summed E-state index contributed by atoms with van der Waals surface area (Å²) in [5.41, 5.74) is 1.97. The Morgan fingerprint density at radius 1 is 1.07 bits per heavy atom. The van der Waals surface area contributed by atoms with Gasteiger partial charge >= 0.3 is 0 Å². The second kappa shape index (κ2) is 9.86. The molecule has 1 saturated carbocycles. The smallest absolute Gasteiger partial charge is 0.290 e. The molecule has 2 fully saturated rings. The first-order chi connectivity index (χ1) is 14.7. The van der Waals surface area contributed by atoms with Crippen LogP contribution in [0.3, 0.4) is 0 Å². The van der Waals surface area contributed by atoms with Crippen molar-refractivity contribution in [2.75, 3.05) is 11.9 Å². The third kappa shape index (κ3) is 5.67. The Hall–Kier alpha value is -2.71. The van der Waals surface area contributed by atoms with Crippen LogP contribution >= 0.6 is 11.8 Å². The number of hydrogen-bond donors (Lipinski definition) is 3. The summed E-state index contributed by atoms with van der Waals surface area (Å²) in [6, 6.07) is 13.2. The van der Waals surface area contributed by atoms with Crippen molar-refractivity contribution in [3.05, 3.63) is 58.8 Å². The maximum atomic E-state index is 11.7. The van der Waals surface area contributed by atoms with Crippen LogP contribution in [0.1, 0.15) is 36.9 Å². The zero-order chi connectivity index (χ0) is 20.8. The van der Waals surface area contributed by atoms with E-state index in [0.29, 0.717) is 28.6 Å². The third-order valence-corrected chi connectivity index (χ3v) is 6.16. The normalized spacial score (nSPS) is 22.9. The van der Waals surface area contributed by atoms with E-state index in [1.807, 2.05) is 6.07 Å². The van der Waals surface area contributed by atoms with E-state index in [9.17, 15) is 9.59 Å². The van der Waals surface area contributed by atoms with Gasteiger partial charge in [-0.15, -0.1) is 0 Å². The van der Waals surface area contributed by atoms with Crippen molar-refractivity contribution in [1.29, 1.82) is 0 Å². The van der Waals surface area contributed by atoms with Gasteiger partial charge < -0.3 is 10.6 Å². The van der Waals surface area contributed by atoms with Crippen LogP contribution in [-0.4, -0.2) is 39.7 Å². The average molecular weight is 424 g/mol.